The number of carbonyl (C=O) groups is 2. The predicted octanol–water partition coefficient (Wildman–Crippen LogP) is 0.174. The van der Waals surface area contributed by atoms with Gasteiger partial charge in [-0.15, -0.1) is 0 Å². The molecule has 2 aliphatic heterocycles. The number of likely N-dealkylation sites (tertiary alicyclic amines) is 1. The van der Waals surface area contributed by atoms with Gasteiger partial charge in [-0.05, 0) is 31.0 Å². The summed E-state index contributed by atoms with van der Waals surface area (Å²) >= 11 is 6.07. The van der Waals surface area contributed by atoms with Gasteiger partial charge in [-0.25, -0.2) is 0 Å². The number of amides is 2. The van der Waals surface area contributed by atoms with Crippen molar-refractivity contribution >= 4 is 29.1 Å². The van der Waals surface area contributed by atoms with Gasteiger partial charge in [-0.1, -0.05) is 17.7 Å². The van der Waals surface area contributed by atoms with Crippen LogP contribution in [0.3, 0.4) is 0 Å². The molecule has 0 aliphatic carbocycles. The van der Waals surface area contributed by atoms with Crippen LogP contribution in [0.25, 0.3) is 0 Å². The molecule has 0 atom stereocenters. The standard InChI is InChI=1S/C19H27ClN4O2/c20-16-4-1-5-17(14-16)23-12-10-22(11-13-23)15-18(25)21-7-3-9-24-8-2-6-19(24)26/h1,4-5,14H,2-3,6-13,15H2,(H,21,25)/p+1. The first-order valence-electron chi connectivity index (χ1n) is 9.50. The number of nitrogens with zero attached hydrogens (tertiary/aromatic N) is 2. The van der Waals surface area contributed by atoms with Crippen molar-refractivity contribution in [3.63, 3.8) is 0 Å². The van der Waals surface area contributed by atoms with Gasteiger partial charge < -0.3 is 20.0 Å². The number of nitrogens with one attached hydrogen (secondary N) is 2. The minimum atomic E-state index is 0.101. The van der Waals surface area contributed by atoms with Gasteiger partial charge in [0.05, 0.1) is 26.2 Å². The molecule has 2 N–H and O–H groups in total. The molecule has 0 spiro atoms. The van der Waals surface area contributed by atoms with Crippen LogP contribution in [-0.2, 0) is 9.59 Å². The van der Waals surface area contributed by atoms with Crippen molar-refractivity contribution in [1.82, 2.24) is 10.2 Å². The highest BCUT2D eigenvalue weighted by atomic mass is 35.5. The average molecular weight is 380 g/mol. The molecule has 2 heterocycles. The maximum Gasteiger partial charge on any atom is 0.275 e. The molecule has 6 nitrogen and oxygen atoms in total. The van der Waals surface area contributed by atoms with Crippen LogP contribution in [0.5, 0.6) is 0 Å². The molecular weight excluding hydrogens is 352 g/mol. The van der Waals surface area contributed by atoms with Crippen LogP contribution in [0, 0.1) is 0 Å². The lowest BCUT2D eigenvalue weighted by atomic mass is 10.2. The van der Waals surface area contributed by atoms with Gasteiger partial charge in [0.1, 0.15) is 0 Å². The molecule has 2 fully saturated rings. The third kappa shape index (κ3) is 5.35. The number of hydrogen-bond acceptors (Lipinski definition) is 3. The van der Waals surface area contributed by atoms with E-state index >= 15 is 0 Å². The van der Waals surface area contributed by atoms with Crippen molar-refractivity contribution in [2.24, 2.45) is 0 Å². The number of carbonyl (C=O) groups excluding carboxylic acids is 2. The van der Waals surface area contributed by atoms with Crippen LogP contribution in [0.15, 0.2) is 24.3 Å². The van der Waals surface area contributed by atoms with Gasteiger partial charge in [0, 0.05) is 36.8 Å². The van der Waals surface area contributed by atoms with Gasteiger partial charge in [0.25, 0.3) is 5.91 Å². The summed E-state index contributed by atoms with van der Waals surface area (Å²) in [4.78, 5) is 29.2. The SMILES string of the molecule is O=C(C[NH+]1CCN(c2cccc(Cl)c2)CC1)NCCCN1CCCC1=O. The van der Waals surface area contributed by atoms with E-state index in [1.807, 2.05) is 23.1 Å². The number of piperazine rings is 1. The van der Waals surface area contributed by atoms with Crippen molar-refractivity contribution in [2.75, 3.05) is 57.3 Å². The Bertz CT molecular complexity index is 632. The Morgan fingerprint density at radius 1 is 1.23 bits per heavy atom. The molecule has 1 aromatic carbocycles. The lowest BCUT2D eigenvalue weighted by Crippen LogP contribution is -3.15. The normalized spacial score (nSPS) is 18.4. The number of benzene rings is 1. The molecule has 2 aliphatic rings. The summed E-state index contributed by atoms with van der Waals surface area (Å²) in [6.45, 7) is 6.54. The quantitative estimate of drug-likeness (QED) is 0.664. The van der Waals surface area contributed by atoms with Gasteiger partial charge in [-0.2, -0.15) is 0 Å². The minimum absolute atomic E-state index is 0.101. The van der Waals surface area contributed by atoms with Gasteiger partial charge in [-0.3, -0.25) is 9.59 Å². The zero-order valence-corrected chi connectivity index (χ0v) is 15.9. The highest BCUT2D eigenvalue weighted by molar-refractivity contribution is 6.30. The molecule has 3 rings (SSSR count). The molecule has 2 amide bonds. The fraction of sp³-hybridized carbons (Fsp3) is 0.579. The first-order valence-corrected chi connectivity index (χ1v) is 9.88. The van der Waals surface area contributed by atoms with E-state index in [9.17, 15) is 9.59 Å². The van der Waals surface area contributed by atoms with E-state index in [4.69, 9.17) is 11.6 Å². The van der Waals surface area contributed by atoms with E-state index < -0.39 is 0 Å². The molecule has 142 valence electrons. The topological polar surface area (TPSA) is 57.1 Å². The second kappa shape index (κ2) is 9.24. The van der Waals surface area contributed by atoms with E-state index in [1.54, 1.807) is 0 Å². The molecule has 0 bridgehead atoms. The highest BCUT2D eigenvalue weighted by Gasteiger charge is 2.23. The lowest BCUT2D eigenvalue weighted by molar-refractivity contribution is -0.892. The van der Waals surface area contributed by atoms with Crippen molar-refractivity contribution in [3.8, 4) is 0 Å². The maximum atomic E-state index is 12.1. The minimum Gasteiger partial charge on any atom is -0.360 e. The van der Waals surface area contributed by atoms with Gasteiger partial charge in [0.2, 0.25) is 5.91 Å². The van der Waals surface area contributed by atoms with E-state index in [-0.39, 0.29) is 11.8 Å². The highest BCUT2D eigenvalue weighted by Crippen LogP contribution is 2.19. The number of hydrogen-bond donors (Lipinski definition) is 2. The molecule has 0 radical (unpaired) electrons. The Kier molecular flexibility index (Phi) is 6.74. The summed E-state index contributed by atoms with van der Waals surface area (Å²) in [5.74, 6) is 0.349. The third-order valence-electron chi connectivity index (χ3n) is 5.15. The molecule has 0 aromatic heterocycles. The van der Waals surface area contributed by atoms with Gasteiger partial charge in [0.15, 0.2) is 6.54 Å². The summed E-state index contributed by atoms with van der Waals surface area (Å²) in [6, 6.07) is 7.93. The maximum absolute atomic E-state index is 12.1. The number of quaternary nitrogens is 1. The number of anilines is 1. The Labute approximate surface area is 160 Å². The largest absolute Gasteiger partial charge is 0.360 e. The Morgan fingerprint density at radius 3 is 2.73 bits per heavy atom. The van der Waals surface area contributed by atoms with E-state index in [0.717, 1.165) is 62.8 Å². The van der Waals surface area contributed by atoms with Crippen LogP contribution in [0.1, 0.15) is 19.3 Å². The smallest absolute Gasteiger partial charge is 0.275 e. The Hall–Kier alpha value is -1.79. The van der Waals surface area contributed by atoms with Crippen molar-refractivity contribution in [1.29, 1.82) is 0 Å². The van der Waals surface area contributed by atoms with Crippen LogP contribution >= 0.6 is 11.6 Å². The first-order chi connectivity index (χ1) is 12.6. The fourth-order valence-electron chi connectivity index (χ4n) is 3.66. The van der Waals surface area contributed by atoms with E-state index in [0.29, 0.717) is 19.5 Å². The summed E-state index contributed by atoms with van der Waals surface area (Å²) in [5.41, 5.74) is 1.15. The van der Waals surface area contributed by atoms with Crippen molar-refractivity contribution in [2.45, 2.75) is 19.3 Å². The molecule has 2 saturated heterocycles. The fourth-order valence-corrected chi connectivity index (χ4v) is 3.84. The van der Waals surface area contributed by atoms with E-state index in [2.05, 4.69) is 16.3 Å². The van der Waals surface area contributed by atoms with Crippen LogP contribution in [0.4, 0.5) is 5.69 Å². The lowest BCUT2D eigenvalue weighted by Gasteiger charge is -2.33. The van der Waals surface area contributed by atoms with Crippen LogP contribution in [-0.4, -0.2) is 69.1 Å². The van der Waals surface area contributed by atoms with Crippen molar-refractivity contribution in [3.05, 3.63) is 29.3 Å². The Morgan fingerprint density at radius 2 is 2.04 bits per heavy atom. The Balaban J connectivity index is 1.31. The molecular formula is C19H28ClN4O2+. The van der Waals surface area contributed by atoms with Crippen molar-refractivity contribution < 1.29 is 14.5 Å². The molecule has 0 unspecified atom stereocenters. The summed E-state index contributed by atoms with van der Waals surface area (Å²) < 4.78 is 0. The summed E-state index contributed by atoms with van der Waals surface area (Å²) in [5, 5.41) is 3.75. The van der Waals surface area contributed by atoms with Crippen LogP contribution in [0.2, 0.25) is 5.02 Å². The molecule has 7 heteroatoms. The molecule has 26 heavy (non-hydrogen) atoms. The second-order valence-corrected chi connectivity index (χ2v) is 7.52. The molecule has 0 saturated carbocycles. The average Bonchev–Trinajstić information content (AvgIpc) is 3.04. The zero-order valence-electron chi connectivity index (χ0n) is 15.2. The number of halogens is 1. The van der Waals surface area contributed by atoms with Crippen LogP contribution < -0.4 is 15.1 Å². The molecule has 1 aromatic rings. The second-order valence-electron chi connectivity index (χ2n) is 7.08. The summed E-state index contributed by atoms with van der Waals surface area (Å²) in [6.07, 6.45) is 2.47. The third-order valence-corrected chi connectivity index (χ3v) is 5.39. The summed E-state index contributed by atoms with van der Waals surface area (Å²) in [7, 11) is 0. The zero-order chi connectivity index (χ0) is 18.4. The first kappa shape index (κ1) is 19.0. The predicted molar refractivity (Wildman–Crippen MR) is 103 cm³/mol. The monoisotopic (exact) mass is 379 g/mol. The number of rotatable bonds is 7. The van der Waals surface area contributed by atoms with E-state index in [1.165, 1.54) is 4.90 Å². The van der Waals surface area contributed by atoms with Gasteiger partial charge >= 0.3 is 0 Å².